The molecule has 1 saturated carbocycles. The van der Waals surface area contributed by atoms with Crippen LogP contribution in [0.4, 0.5) is 9.93 Å². The normalized spacial score (nSPS) is 14.4. The number of carbonyl (C=O) groups is 1. The number of carbonyl (C=O) groups excluding carboxylic acids is 1. The van der Waals surface area contributed by atoms with Gasteiger partial charge in [-0.3, -0.25) is 5.32 Å². The molecule has 128 valence electrons. The molecule has 1 heterocycles. The van der Waals surface area contributed by atoms with Gasteiger partial charge in [0.15, 0.2) is 0 Å². The van der Waals surface area contributed by atoms with Gasteiger partial charge in [-0.25, -0.2) is 18.4 Å². The molecule has 3 rings (SSSR count). The summed E-state index contributed by atoms with van der Waals surface area (Å²) in [5.41, 5.74) is 1.36. The third-order valence-electron chi connectivity index (χ3n) is 3.40. The quantitative estimate of drug-likeness (QED) is 0.713. The Balaban J connectivity index is 1.52. The van der Waals surface area contributed by atoms with Gasteiger partial charge in [-0.05, 0) is 24.0 Å². The number of nitrogens with zero attached hydrogens (tertiary/aromatic N) is 2. The first-order valence-electron chi connectivity index (χ1n) is 7.35. The summed E-state index contributed by atoms with van der Waals surface area (Å²) < 4.78 is 22.2. The largest absolute Gasteiger partial charge is 0.334 e. The predicted octanol–water partition coefficient (Wildman–Crippen LogP) is 1.53. The van der Waals surface area contributed by atoms with Crippen molar-refractivity contribution in [2.45, 2.75) is 31.1 Å². The standard InChI is InChI=1S/C14H17N5O3S2/c15-24(21,22)8-10-3-1-2-9(6-10)7-16-13(20)17-14-19-18-12(23-14)11-4-5-11/h1-3,6,11H,4-5,7-8H2,(H2,15,21,22)(H2,16,17,19,20). The Morgan fingerprint density at radius 1 is 1.29 bits per heavy atom. The van der Waals surface area contributed by atoms with Crippen molar-refractivity contribution < 1.29 is 13.2 Å². The third kappa shape index (κ3) is 4.98. The van der Waals surface area contributed by atoms with E-state index in [4.69, 9.17) is 5.14 Å². The van der Waals surface area contributed by atoms with E-state index < -0.39 is 10.0 Å². The number of nitrogens with one attached hydrogen (secondary N) is 2. The van der Waals surface area contributed by atoms with Crippen molar-refractivity contribution in [2.24, 2.45) is 5.14 Å². The molecule has 0 aliphatic heterocycles. The fourth-order valence-corrected chi connectivity index (χ4v) is 3.72. The molecule has 4 N–H and O–H groups in total. The van der Waals surface area contributed by atoms with Crippen LogP contribution >= 0.6 is 11.3 Å². The lowest BCUT2D eigenvalue weighted by Crippen LogP contribution is -2.28. The molecule has 0 saturated heterocycles. The van der Waals surface area contributed by atoms with Crippen molar-refractivity contribution >= 4 is 32.5 Å². The minimum Gasteiger partial charge on any atom is -0.334 e. The van der Waals surface area contributed by atoms with Crippen LogP contribution in [0.2, 0.25) is 0 Å². The summed E-state index contributed by atoms with van der Waals surface area (Å²) in [6, 6.07) is 6.51. The Hall–Kier alpha value is -2.04. The molecule has 24 heavy (non-hydrogen) atoms. The van der Waals surface area contributed by atoms with E-state index in [1.165, 1.54) is 11.3 Å². The fourth-order valence-electron chi connectivity index (χ4n) is 2.17. The van der Waals surface area contributed by atoms with E-state index in [1.807, 2.05) is 0 Å². The van der Waals surface area contributed by atoms with Gasteiger partial charge < -0.3 is 5.32 Å². The number of anilines is 1. The van der Waals surface area contributed by atoms with Gasteiger partial charge in [-0.1, -0.05) is 35.6 Å². The number of nitrogens with two attached hydrogens (primary N) is 1. The lowest BCUT2D eigenvalue weighted by atomic mass is 10.1. The Bertz CT molecular complexity index is 846. The molecular formula is C14H17N5O3S2. The predicted molar refractivity (Wildman–Crippen MR) is 91.0 cm³/mol. The summed E-state index contributed by atoms with van der Waals surface area (Å²) in [6.45, 7) is 0.262. The summed E-state index contributed by atoms with van der Waals surface area (Å²) in [4.78, 5) is 11.9. The van der Waals surface area contributed by atoms with Crippen LogP contribution in [0.25, 0.3) is 0 Å². The van der Waals surface area contributed by atoms with Crippen LogP contribution in [-0.4, -0.2) is 24.6 Å². The van der Waals surface area contributed by atoms with E-state index in [0.29, 0.717) is 16.6 Å². The zero-order chi connectivity index (χ0) is 17.2. The highest BCUT2D eigenvalue weighted by molar-refractivity contribution is 7.88. The summed E-state index contributed by atoms with van der Waals surface area (Å²) in [6.07, 6.45) is 2.27. The number of aromatic nitrogens is 2. The monoisotopic (exact) mass is 367 g/mol. The molecule has 0 spiro atoms. The van der Waals surface area contributed by atoms with Gasteiger partial charge in [-0.2, -0.15) is 0 Å². The van der Waals surface area contributed by atoms with Crippen molar-refractivity contribution in [1.29, 1.82) is 0 Å². The highest BCUT2D eigenvalue weighted by Gasteiger charge is 2.27. The first-order chi connectivity index (χ1) is 11.4. The Kier molecular flexibility index (Phi) is 4.78. The highest BCUT2D eigenvalue weighted by Crippen LogP contribution is 2.41. The van der Waals surface area contributed by atoms with Gasteiger partial charge in [0, 0.05) is 12.5 Å². The van der Waals surface area contributed by atoms with Crippen LogP contribution in [0.3, 0.4) is 0 Å². The molecular weight excluding hydrogens is 350 g/mol. The zero-order valence-electron chi connectivity index (χ0n) is 12.7. The SMILES string of the molecule is NS(=O)(=O)Cc1cccc(CNC(=O)Nc2nnc(C3CC3)s2)c1. The van der Waals surface area contributed by atoms with Crippen LogP contribution in [0.5, 0.6) is 0 Å². The van der Waals surface area contributed by atoms with Gasteiger partial charge in [-0.15, -0.1) is 10.2 Å². The molecule has 1 aliphatic carbocycles. The van der Waals surface area contributed by atoms with Crippen molar-refractivity contribution in [3.63, 3.8) is 0 Å². The molecule has 0 radical (unpaired) electrons. The van der Waals surface area contributed by atoms with Crippen LogP contribution in [-0.2, 0) is 22.3 Å². The van der Waals surface area contributed by atoms with Crippen molar-refractivity contribution in [3.05, 3.63) is 40.4 Å². The molecule has 2 aromatic rings. The highest BCUT2D eigenvalue weighted by atomic mass is 32.2. The number of rotatable bonds is 6. The van der Waals surface area contributed by atoms with Gasteiger partial charge in [0.25, 0.3) is 0 Å². The average molecular weight is 367 g/mol. The van der Waals surface area contributed by atoms with Crippen LogP contribution in [0.1, 0.15) is 34.9 Å². The van der Waals surface area contributed by atoms with Gasteiger partial charge in [0.2, 0.25) is 15.2 Å². The molecule has 0 atom stereocenters. The maximum Gasteiger partial charge on any atom is 0.321 e. The second-order valence-electron chi connectivity index (χ2n) is 5.65. The van der Waals surface area contributed by atoms with E-state index in [9.17, 15) is 13.2 Å². The average Bonchev–Trinajstić information content (AvgIpc) is 3.24. The third-order valence-corrected chi connectivity index (χ3v) is 5.14. The second-order valence-corrected chi connectivity index (χ2v) is 8.28. The minimum absolute atomic E-state index is 0.234. The number of hydrogen-bond acceptors (Lipinski definition) is 6. The fraction of sp³-hybridized carbons (Fsp3) is 0.357. The van der Waals surface area contributed by atoms with Crippen LogP contribution < -0.4 is 15.8 Å². The summed E-state index contributed by atoms with van der Waals surface area (Å²) in [7, 11) is -3.58. The van der Waals surface area contributed by atoms with Gasteiger partial charge in [0.1, 0.15) is 5.01 Å². The van der Waals surface area contributed by atoms with E-state index in [-0.39, 0.29) is 18.3 Å². The smallest absolute Gasteiger partial charge is 0.321 e. The van der Waals surface area contributed by atoms with E-state index in [1.54, 1.807) is 24.3 Å². The molecule has 1 fully saturated rings. The zero-order valence-corrected chi connectivity index (χ0v) is 14.4. The van der Waals surface area contributed by atoms with Crippen molar-refractivity contribution in [1.82, 2.24) is 15.5 Å². The molecule has 0 unspecified atom stereocenters. The maximum atomic E-state index is 11.9. The molecule has 0 bridgehead atoms. The van der Waals surface area contributed by atoms with Crippen molar-refractivity contribution in [2.75, 3.05) is 5.32 Å². The summed E-state index contributed by atoms with van der Waals surface area (Å²) in [5.74, 6) is 0.268. The first kappa shape index (κ1) is 16.8. The Morgan fingerprint density at radius 3 is 2.75 bits per heavy atom. The number of amides is 2. The Labute approximate surface area is 143 Å². The van der Waals surface area contributed by atoms with Crippen molar-refractivity contribution in [3.8, 4) is 0 Å². The number of sulfonamides is 1. The second kappa shape index (κ2) is 6.83. The first-order valence-corrected chi connectivity index (χ1v) is 9.89. The molecule has 8 nitrogen and oxygen atoms in total. The lowest BCUT2D eigenvalue weighted by molar-refractivity contribution is 0.251. The number of benzene rings is 1. The minimum atomic E-state index is -3.58. The van der Waals surface area contributed by atoms with E-state index in [0.717, 1.165) is 23.4 Å². The van der Waals surface area contributed by atoms with E-state index in [2.05, 4.69) is 20.8 Å². The topological polar surface area (TPSA) is 127 Å². The molecule has 10 heteroatoms. The molecule has 2 amide bonds. The summed E-state index contributed by atoms with van der Waals surface area (Å²) >= 11 is 1.39. The van der Waals surface area contributed by atoms with Gasteiger partial charge in [0.05, 0.1) is 5.75 Å². The number of hydrogen-bond donors (Lipinski definition) is 3. The lowest BCUT2D eigenvalue weighted by Gasteiger charge is -2.07. The van der Waals surface area contributed by atoms with E-state index >= 15 is 0 Å². The summed E-state index contributed by atoms with van der Waals surface area (Å²) in [5, 5.41) is 19.8. The maximum absolute atomic E-state index is 11.9. The van der Waals surface area contributed by atoms with Crippen LogP contribution in [0, 0.1) is 0 Å². The molecule has 1 aliphatic rings. The van der Waals surface area contributed by atoms with Crippen LogP contribution in [0.15, 0.2) is 24.3 Å². The number of urea groups is 1. The van der Waals surface area contributed by atoms with Gasteiger partial charge >= 0.3 is 6.03 Å². The molecule has 1 aromatic carbocycles. The number of primary sulfonamides is 1. The molecule has 1 aromatic heterocycles. The Morgan fingerprint density at radius 2 is 2.04 bits per heavy atom.